The summed E-state index contributed by atoms with van der Waals surface area (Å²) in [5.41, 5.74) is 1.11. The van der Waals surface area contributed by atoms with Gasteiger partial charge < -0.3 is 4.52 Å². The van der Waals surface area contributed by atoms with Gasteiger partial charge in [0.15, 0.2) is 0 Å². The third-order valence-electron chi connectivity index (χ3n) is 2.71. The summed E-state index contributed by atoms with van der Waals surface area (Å²) in [7, 11) is -3.29. The lowest BCUT2D eigenvalue weighted by Gasteiger charge is -2.20. The third-order valence-corrected chi connectivity index (χ3v) is 4.73. The molecule has 0 bridgehead atoms. The Hall–Kier alpha value is -1.05. The minimum atomic E-state index is -3.29. The summed E-state index contributed by atoms with van der Waals surface area (Å²) in [6.07, 6.45) is 2.73. The van der Waals surface area contributed by atoms with Gasteiger partial charge >= 0.3 is 7.60 Å². The van der Waals surface area contributed by atoms with Crippen LogP contribution in [0.5, 0.6) is 0 Å². The molecule has 0 spiro atoms. The highest BCUT2D eigenvalue weighted by atomic mass is 31.2. The summed E-state index contributed by atoms with van der Waals surface area (Å²) >= 11 is 0. The molecule has 0 N–H and O–H groups in total. The summed E-state index contributed by atoms with van der Waals surface area (Å²) in [5.74, 6) is 0.527. The molecule has 0 radical (unpaired) electrons. The van der Waals surface area contributed by atoms with Gasteiger partial charge in [-0.15, -0.1) is 0 Å². The highest BCUT2D eigenvalue weighted by molar-refractivity contribution is 7.62. The Morgan fingerprint density at radius 2 is 1.89 bits per heavy atom. The summed E-state index contributed by atoms with van der Waals surface area (Å²) in [6, 6.07) is 7.38. The van der Waals surface area contributed by atoms with E-state index in [4.69, 9.17) is 9.05 Å². The Labute approximate surface area is 116 Å². The van der Waals surface area contributed by atoms with Gasteiger partial charge in [-0.1, -0.05) is 37.6 Å². The normalized spacial score (nSPS) is 13.8. The highest BCUT2D eigenvalue weighted by Crippen LogP contribution is 2.49. The van der Waals surface area contributed by atoms with Gasteiger partial charge in [0.2, 0.25) is 0 Å². The molecule has 1 atom stereocenters. The smallest absolute Gasteiger partial charge is 0.410 e. The van der Waals surface area contributed by atoms with E-state index in [1.807, 2.05) is 19.1 Å². The number of benzene rings is 1. The molecule has 0 aliphatic heterocycles. The summed E-state index contributed by atoms with van der Waals surface area (Å²) in [6.45, 7) is 10.0. The van der Waals surface area contributed by atoms with Gasteiger partial charge in [-0.3, -0.25) is 4.52 Å². The highest BCUT2D eigenvalue weighted by Gasteiger charge is 2.28. The predicted molar refractivity (Wildman–Crippen MR) is 79.8 cm³/mol. The average molecular weight is 282 g/mol. The lowest BCUT2D eigenvalue weighted by molar-refractivity contribution is 0.255. The number of aryl methyl sites for hydroxylation is 1. The second kappa shape index (κ2) is 7.52. The van der Waals surface area contributed by atoms with E-state index in [1.165, 1.54) is 0 Å². The molecular weight excluding hydrogens is 259 g/mol. The number of rotatable bonds is 8. The first-order chi connectivity index (χ1) is 9.01. The Balaban J connectivity index is 2.87. The van der Waals surface area contributed by atoms with Gasteiger partial charge in [0.25, 0.3) is 0 Å². The molecule has 1 rings (SSSR count). The van der Waals surface area contributed by atoms with Crippen molar-refractivity contribution >= 4 is 12.9 Å². The molecule has 0 aliphatic carbocycles. The van der Waals surface area contributed by atoms with Crippen molar-refractivity contribution in [2.45, 2.75) is 40.0 Å². The predicted octanol–water partition coefficient (Wildman–Crippen LogP) is 4.57. The van der Waals surface area contributed by atoms with E-state index in [0.29, 0.717) is 24.1 Å². The lowest BCUT2D eigenvalue weighted by Crippen LogP contribution is -2.10. The fourth-order valence-electron chi connectivity index (χ4n) is 1.64. The molecule has 4 heteroatoms. The zero-order valence-electron chi connectivity index (χ0n) is 12.0. The fourth-order valence-corrected chi connectivity index (χ4v) is 3.23. The first kappa shape index (κ1) is 16.0. The molecule has 0 amide bonds. The van der Waals surface area contributed by atoms with Crippen LogP contribution >= 0.6 is 7.60 Å². The first-order valence-corrected chi connectivity index (χ1v) is 8.25. The van der Waals surface area contributed by atoms with E-state index in [1.54, 1.807) is 19.1 Å². The quantitative estimate of drug-likeness (QED) is 0.517. The molecule has 0 aromatic heterocycles. The van der Waals surface area contributed by atoms with Crippen molar-refractivity contribution in [3.63, 3.8) is 0 Å². The topological polar surface area (TPSA) is 35.5 Å². The van der Waals surface area contributed by atoms with E-state index >= 15 is 0 Å². The van der Waals surface area contributed by atoms with Crippen LogP contribution in [0.15, 0.2) is 36.6 Å². The summed E-state index contributed by atoms with van der Waals surface area (Å²) in [5, 5.41) is 0.581. The van der Waals surface area contributed by atoms with Gasteiger partial charge in [-0.2, -0.15) is 0 Å². The molecule has 1 unspecified atom stereocenters. The van der Waals surface area contributed by atoms with Crippen LogP contribution in [0.1, 0.15) is 38.7 Å². The molecule has 1 aromatic carbocycles. The minimum absolute atomic E-state index is 0.339. The van der Waals surface area contributed by atoms with Gasteiger partial charge in [-0.25, -0.2) is 4.57 Å². The van der Waals surface area contributed by atoms with E-state index in [0.717, 1.165) is 18.4 Å². The summed E-state index contributed by atoms with van der Waals surface area (Å²) in [4.78, 5) is 0. The molecule has 0 aliphatic rings. The molecule has 0 fully saturated rings. The lowest BCUT2D eigenvalue weighted by atomic mass is 10.2. The van der Waals surface area contributed by atoms with Crippen LogP contribution < -0.4 is 5.30 Å². The van der Waals surface area contributed by atoms with Crippen LogP contribution in [-0.2, 0) is 13.6 Å². The molecule has 3 nitrogen and oxygen atoms in total. The number of unbranched alkanes of at least 4 members (excludes halogenated alkanes) is 1. The third kappa shape index (κ3) is 4.85. The van der Waals surface area contributed by atoms with Crippen LogP contribution in [0.25, 0.3) is 0 Å². The van der Waals surface area contributed by atoms with Crippen LogP contribution in [0, 0.1) is 6.92 Å². The van der Waals surface area contributed by atoms with Crippen molar-refractivity contribution < 1.29 is 13.6 Å². The molecule has 0 saturated carbocycles. The standard InChI is InChI=1S/C15H23O3P/c1-5-7-8-14(4)18-19(16,17-6-2)15-11-9-13(3)10-12-15/h9-12H,4-8H2,1-3H3. The van der Waals surface area contributed by atoms with Gasteiger partial charge in [-0.05, 0) is 32.4 Å². The van der Waals surface area contributed by atoms with E-state index in [2.05, 4.69) is 13.5 Å². The molecular formula is C15H23O3P. The van der Waals surface area contributed by atoms with E-state index in [-0.39, 0.29) is 0 Å². The van der Waals surface area contributed by atoms with Crippen molar-refractivity contribution in [3.05, 3.63) is 42.2 Å². The largest absolute Gasteiger partial charge is 0.426 e. The average Bonchev–Trinajstić information content (AvgIpc) is 2.37. The second-order valence-corrected chi connectivity index (χ2v) is 6.44. The minimum Gasteiger partial charge on any atom is -0.426 e. The van der Waals surface area contributed by atoms with Gasteiger partial charge in [0.05, 0.1) is 17.7 Å². The molecule has 19 heavy (non-hydrogen) atoms. The summed E-state index contributed by atoms with van der Waals surface area (Å²) < 4.78 is 23.7. The van der Waals surface area contributed by atoms with Crippen molar-refractivity contribution in [3.8, 4) is 0 Å². The molecule has 106 valence electrons. The number of allylic oxidation sites excluding steroid dienone is 1. The zero-order chi connectivity index (χ0) is 14.3. The molecule has 0 heterocycles. The van der Waals surface area contributed by atoms with E-state index in [9.17, 15) is 4.57 Å². The Morgan fingerprint density at radius 1 is 1.26 bits per heavy atom. The maximum atomic E-state index is 12.8. The van der Waals surface area contributed by atoms with Crippen LogP contribution in [0.4, 0.5) is 0 Å². The van der Waals surface area contributed by atoms with Crippen LogP contribution in [-0.4, -0.2) is 6.61 Å². The first-order valence-electron chi connectivity index (χ1n) is 6.71. The second-order valence-electron chi connectivity index (χ2n) is 4.48. The molecule has 1 aromatic rings. The fraction of sp³-hybridized carbons (Fsp3) is 0.467. The maximum Gasteiger partial charge on any atom is 0.410 e. The number of hydrogen-bond acceptors (Lipinski definition) is 3. The van der Waals surface area contributed by atoms with E-state index < -0.39 is 7.60 Å². The zero-order valence-corrected chi connectivity index (χ0v) is 12.9. The Bertz CT molecular complexity index is 451. The number of hydrogen-bond donors (Lipinski definition) is 0. The monoisotopic (exact) mass is 282 g/mol. The van der Waals surface area contributed by atoms with Crippen molar-refractivity contribution in [1.29, 1.82) is 0 Å². The van der Waals surface area contributed by atoms with Crippen molar-refractivity contribution in [1.82, 2.24) is 0 Å². The van der Waals surface area contributed by atoms with Crippen LogP contribution in [0.3, 0.4) is 0 Å². The Kier molecular flexibility index (Phi) is 6.33. The van der Waals surface area contributed by atoms with Crippen molar-refractivity contribution in [2.75, 3.05) is 6.61 Å². The van der Waals surface area contributed by atoms with Gasteiger partial charge in [0, 0.05) is 6.42 Å². The molecule has 0 saturated heterocycles. The SMILES string of the molecule is C=C(CCCC)OP(=O)(OCC)c1ccc(C)cc1. The van der Waals surface area contributed by atoms with Crippen molar-refractivity contribution in [2.24, 2.45) is 0 Å². The van der Waals surface area contributed by atoms with Crippen LogP contribution in [0.2, 0.25) is 0 Å². The van der Waals surface area contributed by atoms with Gasteiger partial charge in [0.1, 0.15) is 0 Å². The Morgan fingerprint density at radius 3 is 2.42 bits per heavy atom. The maximum absolute atomic E-state index is 12.8.